The highest BCUT2D eigenvalue weighted by molar-refractivity contribution is 7.24. The molecular formula is C7H15Cl3Si. The van der Waals surface area contributed by atoms with Crippen LogP contribution in [0.3, 0.4) is 0 Å². The van der Waals surface area contributed by atoms with Crippen LogP contribution in [0.25, 0.3) is 0 Å². The molecule has 4 heteroatoms. The summed E-state index contributed by atoms with van der Waals surface area (Å²) in [5, 5.41) is 0. The van der Waals surface area contributed by atoms with Gasteiger partial charge in [0, 0.05) is 11.0 Å². The zero-order valence-corrected chi connectivity index (χ0v) is 10.1. The van der Waals surface area contributed by atoms with Crippen molar-refractivity contribution in [3.8, 4) is 0 Å². The lowest BCUT2D eigenvalue weighted by atomic mass is 10.3. The minimum Gasteiger partial charge on any atom is -0.165 e. The molecule has 0 nitrogen and oxygen atoms in total. The number of rotatable bonds is 6. The topological polar surface area (TPSA) is 0 Å². The third kappa shape index (κ3) is 5.35. The zero-order valence-electron chi connectivity index (χ0n) is 6.88. The summed E-state index contributed by atoms with van der Waals surface area (Å²) < 4.78 is 0. The van der Waals surface area contributed by atoms with Gasteiger partial charge in [-0.05, 0) is 6.04 Å². The van der Waals surface area contributed by atoms with Crippen LogP contribution in [-0.4, -0.2) is 18.4 Å². The first-order valence-electron chi connectivity index (χ1n) is 3.99. The molecule has 0 amide bonds. The van der Waals surface area contributed by atoms with Gasteiger partial charge in [-0.3, -0.25) is 0 Å². The number of halogens is 3. The Labute approximate surface area is 84.9 Å². The van der Waals surface area contributed by atoms with Gasteiger partial charge >= 0.3 is 0 Å². The first-order chi connectivity index (χ1) is 5.18. The quantitative estimate of drug-likeness (QED) is 0.282. The summed E-state index contributed by atoms with van der Waals surface area (Å²) in [6, 6.07) is 1.06. The molecule has 11 heavy (non-hydrogen) atoms. The second-order valence-corrected chi connectivity index (χ2v) is 10.2. The Kier molecular flexibility index (Phi) is 7.24. The summed E-state index contributed by atoms with van der Waals surface area (Å²) in [6.45, 7) is 2.18. The van der Waals surface area contributed by atoms with Crippen molar-refractivity contribution in [2.75, 3.05) is 11.0 Å². The van der Waals surface area contributed by atoms with E-state index in [2.05, 4.69) is 6.92 Å². The van der Waals surface area contributed by atoms with E-state index in [0.717, 1.165) is 6.04 Å². The average molecular weight is 234 g/mol. The summed E-state index contributed by atoms with van der Waals surface area (Å²) in [4.78, 5) is 0. The number of alkyl halides is 2. The molecule has 0 atom stereocenters. The van der Waals surface area contributed by atoms with Gasteiger partial charge in [0.15, 0.2) is 7.38 Å². The van der Waals surface area contributed by atoms with E-state index < -0.39 is 7.38 Å². The van der Waals surface area contributed by atoms with Crippen LogP contribution < -0.4 is 0 Å². The molecule has 0 bridgehead atoms. The molecule has 0 saturated heterocycles. The summed E-state index contributed by atoms with van der Waals surface area (Å²) >= 11 is 17.7. The van der Waals surface area contributed by atoms with Crippen LogP contribution in [0, 0.1) is 0 Å². The maximum Gasteiger partial charge on any atom is 0.185 e. The van der Waals surface area contributed by atoms with Gasteiger partial charge in [0.05, 0.1) is 0 Å². The molecule has 0 aliphatic carbocycles. The van der Waals surface area contributed by atoms with Crippen molar-refractivity contribution in [3.05, 3.63) is 0 Å². The molecule has 0 heterocycles. The highest BCUT2D eigenvalue weighted by Crippen LogP contribution is 2.22. The first kappa shape index (κ1) is 12.1. The second kappa shape index (κ2) is 6.59. The highest BCUT2D eigenvalue weighted by atomic mass is 35.6. The van der Waals surface area contributed by atoms with Crippen molar-refractivity contribution in [1.82, 2.24) is 0 Å². The largest absolute Gasteiger partial charge is 0.185 e. The molecule has 0 radical (unpaired) electrons. The molecule has 0 aromatic heterocycles. The van der Waals surface area contributed by atoms with Crippen molar-refractivity contribution in [2.45, 2.75) is 32.2 Å². The van der Waals surface area contributed by atoms with Crippen molar-refractivity contribution in [3.63, 3.8) is 0 Å². The third-order valence-electron chi connectivity index (χ3n) is 1.71. The molecule has 0 unspecified atom stereocenters. The molecule has 0 aliphatic rings. The Hall–Kier alpha value is 1.09. The lowest BCUT2D eigenvalue weighted by Crippen LogP contribution is -2.32. The number of hydrogen-bond donors (Lipinski definition) is 0. The maximum absolute atomic E-state index is 6.22. The van der Waals surface area contributed by atoms with E-state index >= 15 is 0 Å². The first-order valence-corrected chi connectivity index (χ1v) is 8.69. The fourth-order valence-electron chi connectivity index (χ4n) is 0.861. The normalized spacial score (nSPS) is 12.0. The van der Waals surface area contributed by atoms with Crippen molar-refractivity contribution in [2.24, 2.45) is 0 Å². The van der Waals surface area contributed by atoms with Gasteiger partial charge in [0.25, 0.3) is 0 Å². The Morgan fingerprint density at radius 2 is 1.64 bits per heavy atom. The summed E-state index contributed by atoms with van der Waals surface area (Å²) in [7, 11) is -1.73. The third-order valence-corrected chi connectivity index (χ3v) is 9.17. The Morgan fingerprint density at radius 1 is 1.09 bits per heavy atom. The zero-order chi connectivity index (χ0) is 8.74. The van der Waals surface area contributed by atoms with Crippen molar-refractivity contribution in [1.29, 1.82) is 0 Å². The second-order valence-electron chi connectivity index (χ2n) is 2.88. The maximum atomic E-state index is 6.22. The van der Waals surface area contributed by atoms with E-state index in [-0.39, 0.29) is 0 Å². The molecule has 0 fully saturated rings. The Bertz CT molecular complexity index is 93.7. The molecule has 68 valence electrons. The predicted octanol–water partition coefficient (Wildman–Crippen LogP) is 3.92. The van der Waals surface area contributed by atoms with Crippen molar-refractivity contribution >= 4 is 41.7 Å². The molecular weight excluding hydrogens is 219 g/mol. The molecule has 0 aliphatic heterocycles. The smallest absolute Gasteiger partial charge is 0.165 e. The Morgan fingerprint density at radius 3 is 2.00 bits per heavy atom. The number of hydrogen-bond acceptors (Lipinski definition) is 0. The lowest BCUT2D eigenvalue weighted by molar-refractivity contribution is 0.765. The van der Waals surface area contributed by atoms with Gasteiger partial charge in [-0.1, -0.05) is 26.2 Å². The van der Waals surface area contributed by atoms with Crippen LogP contribution in [0.5, 0.6) is 0 Å². The van der Waals surface area contributed by atoms with Gasteiger partial charge in [0.1, 0.15) is 0 Å². The minimum atomic E-state index is -1.73. The monoisotopic (exact) mass is 232 g/mol. The molecule has 0 saturated carbocycles. The van der Waals surface area contributed by atoms with Crippen LogP contribution in [0.15, 0.2) is 0 Å². The van der Waals surface area contributed by atoms with E-state index in [1.54, 1.807) is 0 Å². The summed E-state index contributed by atoms with van der Waals surface area (Å²) in [5.74, 6) is 0. The van der Waals surface area contributed by atoms with E-state index in [1.807, 2.05) is 0 Å². The standard InChI is InChI=1S/C7H15Cl3Si/c1-2-3-4-5-11(10,6-8)7-9/h2-7H2,1H3. The molecule has 0 N–H and O–H groups in total. The summed E-state index contributed by atoms with van der Waals surface area (Å²) in [6.07, 6.45) is 3.66. The summed E-state index contributed by atoms with van der Waals surface area (Å²) in [5.41, 5.74) is 1.17. The SMILES string of the molecule is CCCCC[Si](Cl)(CCl)CCl. The van der Waals surface area contributed by atoms with Gasteiger partial charge in [-0.2, -0.15) is 11.1 Å². The Balaban J connectivity index is 3.51. The minimum absolute atomic E-state index is 0.585. The molecule has 0 aromatic carbocycles. The van der Waals surface area contributed by atoms with E-state index in [4.69, 9.17) is 34.3 Å². The molecule has 0 spiro atoms. The molecule has 0 rings (SSSR count). The highest BCUT2D eigenvalue weighted by Gasteiger charge is 2.27. The van der Waals surface area contributed by atoms with Gasteiger partial charge in [0.2, 0.25) is 0 Å². The lowest BCUT2D eigenvalue weighted by Gasteiger charge is -2.17. The van der Waals surface area contributed by atoms with Crippen LogP contribution in [0.4, 0.5) is 0 Å². The fraction of sp³-hybridized carbons (Fsp3) is 1.00. The van der Waals surface area contributed by atoms with Crippen LogP contribution in [0.2, 0.25) is 6.04 Å². The van der Waals surface area contributed by atoms with Crippen LogP contribution >= 0.6 is 34.3 Å². The predicted molar refractivity (Wildman–Crippen MR) is 57.4 cm³/mol. The number of unbranched alkanes of at least 4 members (excludes halogenated alkanes) is 2. The fourth-order valence-corrected chi connectivity index (χ4v) is 4.14. The van der Waals surface area contributed by atoms with Crippen molar-refractivity contribution < 1.29 is 0 Å². The van der Waals surface area contributed by atoms with Gasteiger partial charge in [-0.15, -0.1) is 23.2 Å². The average Bonchev–Trinajstić information content (AvgIpc) is 2.05. The van der Waals surface area contributed by atoms with Gasteiger partial charge < -0.3 is 0 Å². The van der Waals surface area contributed by atoms with Crippen LogP contribution in [0.1, 0.15) is 26.2 Å². The van der Waals surface area contributed by atoms with Crippen LogP contribution in [-0.2, 0) is 0 Å². The van der Waals surface area contributed by atoms with E-state index in [0.29, 0.717) is 11.0 Å². The molecule has 0 aromatic rings. The van der Waals surface area contributed by atoms with Gasteiger partial charge in [-0.25, -0.2) is 0 Å². The van der Waals surface area contributed by atoms with E-state index in [9.17, 15) is 0 Å². The van der Waals surface area contributed by atoms with E-state index in [1.165, 1.54) is 19.3 Å².